The number of piperazine rings is 1. The van der Waals surface area contributed by atoms with Gasteiger partial charge in [0.25, 0.3) is 0 Å². The Hall–Kier alpha value is -2.44. The van der Waals surface area contributed by atoms with Crippen LogP contribution < -0.4 is 4.90 Å². The van der Waals surface area contributed by atoms with Gasteiger partial charge in [0.1, 0.15) is 11.5 Å². The molecule has 0 aromatic carbocycles. The van der Waals surface area contributed by atoms with Crippen LogP contribution >= 0.6 is 0 Å². The van der Waals surface area contributed by atoms with E-state index in [4.69, 9.17) is 0 Å². The molecule has 1 saturated heterocycles. The maximum Gasteiger partial charge on any atom is 0.138 e. The minimum absolute atomic E-state index is 0.0485. The number of hydrogen-bond donors (Lipinski definition) is 2. The Kier molecular flexibility index (Phi) is 3.92. The van der Waals surface area contributed by atoms with Crippen molar-refractivity contribution in [1.29, 1.82) is 0 Å². The predicted molar refractivity (Wildman–Crippen MR) is 95.0 cm³/mol. The molecule has 0 saturated carbocycles. The molecule has 0 amide bonds. The van der Waals surface area contributed by atoms with Crippen molar-refractivity contribution in [2.45, 2.75) is 6.61 Å². The van der Waals surface area contributed by atoms with Gasteiger partial charge in [-0.2, -0.15) is 0 Å². The number of aliphatic hydroxyl groups is 1. The smallest absolute Gasteiger partial charge is 0.138 e. The summed E-state index contributed by atoms with van der Waals surface area (Å²) < 4.78 is 0. The molecule has 0 spiro atoms. The van der Waals surface area contributed by atoms with E-state index in [0.717, 1.165) is 54.2 Å². The fourth-order valence-corrected chi connectivity index (χ4v) is 3.17. The van der Waals surface area contributed by atoms with Crippen molar-refractivity contribution in [2.75, 3.05) is 38.1 Å². The van der Waals surface area contributed by atoms with Crippen LogP contribution in [-0.2, 0) is 6.61 Å². The van der Waals surface area contributed by atoms with Gasteiger partial charge in [0.05, 0.1) is 12.3 Å². The van der Waals surface area contributed by atoms with Gasteiger partial charge in [-0.3, -0.25) is 0 Å². The molecule has 0 bridgehead atoms. The first-order valence-electron chi connectivity index (χ1n) is 8.22. The standard InChI is InChI=1S/C18H21N5O/c1-22-6-8-23(9-7-22)17-10-13(4-5-19-17)16-11-20-18-15(16)3-2-14(12-24)21-18/h2-5,10-11,24H,6-9,12H2,1H3,(H,20,21). The number of likely N-dealkylation sites (N-methyl/N-ethyl adjacent to an activating group) is 1. The fraction of sp³-hybridized carbons (Fsp3) is 0.333. The molecule has 24 heavy (non-hydrogen) atoms. The molecule has 6 heteroatoms. The highest BCUT2D eigenvalue weighted by molar-refractivity contribution is 5.94. The van der Waals surface area contributed by atoms with Crippen molar-refractivity contribution in [3.63, 3.8) is 0 Å². The highest BCUT2D eigenvalue weighted by Crippen LogP contribution is 2.29. The third kappa shape index (κ3) is 2.74. The molecule has 6 nitrogen and oxygen atoms in total. The van der Waals surface area contributed by atoms with Crippen LogP contribution in [0.15, 0.2) is 36.7 Å². The maximum absolute atomic E-state index is 9.23. The summed E-state index contributed by atoms with van der Waals surface area (Å²) in [7, 11) is 2.15. The zero-order valence-corrected chi connectivity index (χ0v) is 13.7. The second-order valence-corrected chi connectivity index (χ2v) is 6.25. The van der Waals surface area contributed by atoms with E-state index in [1.165, 1.54) is 0 Å². The Morgan fingerprint density at radius 2 is 2.00 bits per heavy atom. The summed E-state index contributed by atoms with van der Waals surface area (Å²) in [5, 5.41) is 10.3. The molecule has 1 fully saturated rings. The molecule has 0 radical (unpaired) electrons. The number of nitrogens with one attached hydrogen (secondary N) is 1. The van der Waals surface area contributed by atoms with Crippen molar-refractivity contribution < 1.29 is 5.11 Å². The first-order valence-corrected chi connectivity index (χ1v) is 8.22. The van der Waals surface area contributed by atoms with Crippen molar-refractivity contribution in [2.24, 2.45) is 0 Å². The zero-order valence-electron chi connectivity index (χ0n) is 13.7. The lowest BCUT2D eigenvalue weighted by molar-refractivity contribution is 0.277. The zero-order chi connectivity index (χ0) is 16.5. The van der Waals surface area contributed by atoms with Gasteiger partial charge in [0.2, 0.25) is 0 Å². The minimum atomic E-state index is -0.0485. The van der Waals surface area contributed by atoms with Gasteiger partial charge < -0.3 is 19.9 Å². The fourth-order valence-electron chi connectivity index (χ4n) is 3.17. The summed E-state index contributed by atoms with van der Waals surface area (Å²) in [4.78, 5) is 16.9. The lowest BCUT2D eigenvalue weighted by atomic mass is 10.1. The molecule has 3 aromatic heterocycles. The lowest BCUT2D eigenvalue weighted by Crippen LogP contribution is -2.44. The topological polar surface area (TPSA) is 68.3 Å². The summed E-state index contributed by atoms with van der Waals surface area (Å²) in [5.74, 6) is 1.02. The Balaban J connectivity index is 1.68. The summed E-state index contributed by atoms with van der Waals surface area (Å²) in [6.07, 6.45) is 3.85. The monoisotopic (exact) mass is 323 g/mol. The third-order valence-corrected chi connectivity index (χ3v) is 4.64. The van der Waals surface area contributed by atoms with Gasteiger partial charge in [-0.1, -0.05) is 0 Å². The largest absolute Gasteiger partial charge is 0.390 e. The molecule has 0 unspecified atom stereocenters. The van der Waals surface area contributed by atoms with Crippen molar-refractivity contribution in [3.05, 3.63) is 42.4 Å². The molecule has 0 aliphatic carbocycles. The first-order chi connectivity index (χ1) is 11.7. The van der Waals surface area contributed by atoms with Gasteiger partial charge in [0.15, 0.2) is 0 Å². The lowest BCUT2D eigenvalue weighted by Gasteiger charge is -2.33. The second-order valence-electron chi connectivity index (χ2n) is 6.25. The van der Waals surface area contributed by atoms with E-state index in [0.29, 0.717) is 5.69 Å². The van der Waals surface area contributed by atoms with Crippen molar-refractivity contribution >= 4 is 16.9 Å². The Morgan fingerprint density at radius 1 is 1.17 bits per heavy atom. The average molecular weight is 323 g/mol. The van der Waals surface area contributed by atoms with Crippen LogP contribution in [0.1, 0.15) is 5.69 Å². The van der Waals surface area contributed by atoms with Crippen LogP contribution in [0, 0.1) is 0 Å². The molecule has 3 aromatic rings. The van der Waals surface area contributed by atoms with E-state index in [9.17, 15) is 5.11 Å². The van der Waals surface area contributed by atoms with Crippen molar-refractivity contribution in [3.8, 4) is 11.1 Å². The van der Waals surface area contributed by atoms with Crippen LogP contribution in [0.2, 0.25) is 0 Å². The summed E-state index contributed by atoms with van der Waals surface area (Å²) in [6, 6.07) is 8.05. The van der Waals surface area contributed by atoms with Crippen LogP contribution in [0.5, 0.6) is 0 Å². The molecular weight excluding hydrogens is 302 g/mol. The Labute approximate surface area is 140 Å². The van der Waals surface area contributed by atoms with Gasteiger partial charge in [-0.05, 0) is 36.9 Å². The molecular formula is C18H21N5O. The number of H-pyrrole nitrogens is 1. The number of nitrogens with zero attached hydrogens (tertiary/aromatic N) is 4. The maximum atomic E-state index is 9.23. The Bertz CT molecular complexity index is 851. The van der Waals surface area contributed by atoms with Crippen LogP contribution in [-0.4, -0.2) is 58.2 Å². The van der Waals surface area contributed by atoms with E-state index in [-0.39, 0.29) is 6.61 Å². The summed E-state index contributed by atoms with van der Waals surface area (Å²) in [6.45, 7) is 4.08. The van der Waals surface area contributed by atoms with E-state index in [1.807, 2.05) is 30.6 Å². The van der Waals surface area contributed by atoms with Gasteiger partial charge >= 0.3 is 0 Å². The van der Waals surface area contributed by atoms with E-state index < -0.39 is 0 Å². The number of pyridine rings is 2. The van der Waals surface area contributed by atoms with Gasteiger partial charge in [0, 0.05) is 49.5 Å². The molecule has 0 atom stereocenters. The summed E-state index contributed by atoms with van der Waals surface area (Å²) in [5.41, 5.74) is 3.71. The number of aromatic nitrogens is 3. The quantitative estimate of drug-likeness (QED) is 0.770. The molecule has 1 aliphatic rings. The third-order valence-electron chi connectivity index (χ3n) is 4.64. The van der Waals surface area contributed by atoms with Crippen LogP contribution in [0.4, 0.5) is 5.82 Å². The van der Waals surface area contributed by atoms with E-state index in [1.54, 1.807) is 0 Å². The number of anilines is 1. The predicted octanol–water partition coefficient (Wildman–Crippen LogP) is 1.87. The molecule has 124 valence electrons. The van der Waals surface area contributed by atoms with Crippen molar-refractivity contribution in [1.82, 2.24) is 19.9 Å². The molecule has 2 N–H and O–H groups in total. The number of fused-ring (bicyclic) bond motifs is 1. The van der Waals surface area contributed by atoms with Crippen LogP contribution in [0.3, 0.4) is 0 Å². The molecule has 4 rings (SSSR count). The molecule has 4 heterocycles. The highest BCUT2D eigenvalue weighted by atomic mass is 16.3. The number of rotatable bonds is 3. The number of aliphatic hydroxyl groups excluding tert-OH is 1. The normalized spacial score (nSPS) is 16.0. The van der Waals surface area contributed by atoms with E-state index in [2.05, 4.69) is 37.9 Å². The number of hydrogen-bond acceptors (Lipinski definition) is 5. The molecule has 1 aliphatic heterocycles. The number of aromatic amines is 1. The van der Waals surface area contributed by atoms with E-state index >= 15 is 0 Å². The highest BCUT2D eigenvalue weighted by Gasteiger charge is 2.16. The average Bonchev–Trinajstić information content (AvgIpc) is 3.05. The summed E-state index contributed by atoms with van der Waals surface area (Å²) >= 11 is 0. The van der Waals surface area contributed by atoms with Gasteiger partial charge in [-0.15, -0.1) is 0 Å². The SMILES string of the molecule is CN1CCN(c2cc(-c3c[nH]c4nc(CO)ccc34)ccn2)CC1. The Morgan fingerprint density at radius 3 is 2.79 bits per heavy atom. The minimum Gasteiger partial charge on any atom is -0.390 e. The van der Waals surface area contributed by atoms with Gasteiger partial charge in [-0.25, -0.2) is 9.97 Å². The first kappa shape index (κ1) is 15.1. The van der Waals surface area contributed by atoms with Crippen LogP contribution in [0.25, 0.3) is 22.2 Å². The second kappa shape index (κ2) is 6.22.